The molecule has 110 valence electrons. The van der Waals surface area contributed by atoms with Crippen LogP contribution in [-0.2, 0) is 4.79 Å². The summed E-state index contributed by atoms with van der Waals surface area (Å²) in [5, 5.41) is 20.3. The van der Waals surface area contributed by atoms with Crippen molar-refractivity contribution in [3.05, 3.63) is 29.8 Å². The zero-order valence-electron chi connectivity index (χ0n) is 11.6. The third-order valence-corrected chi connectivity index (χ3v) is 3.63. The quantitative estimate of drug-likeness (QED) is 0.891. The number of hydrogen-bond acceptors (Lipinski definition) is 3. The number of urea groups is 1. The van der Waals surface area contributed by atoms with Crippen molar-refractivity contribution in [2.45, 2.75) is 19.3 Å². The monoisotopic (exact) mass is 287 g/mol. The number of anilines is 1. The minimum atomic E-state index is -0.782. The highest BCUT2D eigenvalue weighted by Gasteiger charge is 2.24. The normalized spacial score (nSPS) is 15.3. The smallest absolute Gasteiger partial charge is 0.321 e. The molecule has 2 N–H and O–H groups in total. The summed E-state index contributed by atoms with van der Waals surface area (Å²) >= 11 is 0. The van der Waals surface area contributed by atoms with Crippen molar-refractivity contribution >= 4 is 17.7 Å². The molecule has 0 saturated carbocycles. The zero-order chi connectivity index (χ0) is 15.2. The Hall–Kier alpha value is -2.55. The Morgan fingerprint density at radius 3 is 2.43 bits per heavy atom. The summed E-state index contributed by atoms with van der Waals surface area (Å²) in [6.07, 6.45) is 1.60. The van der Waals surface area contributed by atoms with Gasteiger partial charge in [-0.05, 0) is 43.0 Å². The van der Waals surface area contributed by atoms with Gasteiger partial charge in [-0.25, -0.2) is 4.79 Å². The molecule has 0 spiro atoms. The first-order valence-corrected chi connectivity index (χ1v) is 6.86. The van der Waals surface area contributed by atoms with E-state index in [2.05, 4.69) is 5.32 Å². The fourth-order valence-electron chi connectivity index (χ4n) is 2.42. The molecule has 1 aromatic rings. The van der Waals surface area contributed by atoms with Crippen molar-refractivity contribution in [2.75, 3.05) is 18.4 Å². The maximum Gasteiger partial charge on any atom is 0.321 e. The van der Waals surface area contributed by atoms with E-state index < -0.39 is 5.97 Å². The second-order valence-electron chi connectivity index (χ2n) is 5.15. The number of likely N-dealkylation sites (tertiary alicyclic amines) is 1. The number of rotatable bonds is 3. The van der Waals surface area contributed by atoms with Crippen molar-refractivity contribution in [3.8, 4) is 6.07 Å². The number of carboxylic acid groups (broad SMARTS) is 1. The first-order valence-electron chi connectivity index (χ1n) is 6.86. The number of benzene rings is 1. The maximum absolute atomic E-state index is 12.1. The first kappa shape index (κ1) is 14.9. The lowest BCUT2D eigenvalue weighted by Crippen LogP contribution is -2.41. The van der Waals surface area contributed by atoms with Gasteiger partial charge in [0.15, 0.2) is 0 Å². The van der Waals surface area contributed by atoms with Gasteiger partial charge in [-0.1, -0.05) is 0 Å². The second-order valence-corrected chi connectivity index (χ2v) is 5.15. The molecule has 1 saturated heterocycles. The number of nitriles is 1. The maximum atomic E-state index is 12.1. The van der Waals surface area contributed by atoms with E-state index in [4.69, 9.17) is 10.4 Å². The predicted octanol–water partition coefficient (Wildman–Crippen LogP) is 2.28. The zero-order valence-corrected chi connectivity index (χ0v) is 11.6. The molecule has 2 amide bonds. The van der Waals surface area contributed by atoms with Crippen LogP contribution in [0.1, 0.15) is 24.8 Å². The van der Waals surface area contributed by atoms with Gasteiger partial charge in [-0.15, -0.1) is 0 Å². The van der Waals surface area contributed by atoms with Gasteiger partial charge in [-0.2, -0.15) is 5.26 Å². The molecule has 0 atom stereocenters. The number of aliphatic carboxylic acids is 1. The third kappa shape index (κ3) is 4.21. The van der Waals surface area contributed by atoms with Crippen LogP contribution in [0, 0.1) is 17.2 Å². The van der Waals surface area contributed by atoms with Gasteiger partial charge >= 0.3 is 12.0 Å². The topological polar surface area (TPSA) is 93.4 Å². The van der Waals surface area contributed by atoms with Crippen molar-refractivity contribution in [2.24, 2.45) is 5.92 Å². The second kappa shape index (κ2) is 6.75. The van der Waals surface area contributed by atoms with E-state index in [-0.39, 0.29) is 18.4 Å². The minimum Gasteiger partial charge on any atom is -0.481 e. The van der Waals surface area contributed by atoms with E-state index in [1.165, 1.54) is 0 Å². The van der Waals surface area contributed by atoms with Crippen molar-refractivity contribution in [1.29, 1.82) is 5.26 Å². The van der Waals surface area contributed by atoms with Gasteiger partial charge in [0.05, 0.1) is 11.6 Å². The number of carbonyl (C=O) groups excluding carboxylic acids is 1. The van der Waals surface area contributed by atoms with E-state index in [1.807, 2.05) is 6.07 Å². The number of hydrogen-bond donors (Lipinski definition) is 2. The highest BCUT2D eigenvalue weighted by molar-refractivity contribution is 5.89. The fraction of sp³-hybridized carbons (Fsp3) is 0.400. The molecule has 1 heterocycles. The predicted molar refractivity (Wildman–Crippen MR) is 76.7 cm³/mol. The van der Waals surface area contributed by atoms with Crippen LogP contribution < -0.4 is 5.32 Å². The van der Waals surface area contributed by atoms with E-state index in [1.54, 1.807) is 29.2 Å². The summed E-state index contributed by atoms with van der Waals surface area (Å²) in [6, 6.07) is 8.50. The van der Waals surface area contributed by atoms with Gasteiger partial charge in [0.1, 0.15) is 0 Å². The van der Waals surface area contributed by atoms with E-state index in [9.17, 15) is 9.59 Å². The van der Waals surface area contributed by atoms with Crippen LogP contribution in [-0.4, -0.2) is 35.1 Å². The Bertz CT molecular complexity index is 555. The number of nitrogens with one attached hydrogen (secondary N) is 1. The molecule has 0 bridgehead atoms. The van der Waals surface area contributed by atoms with Crippen LogP contribution in [0.2, 0.25) is 0 Å². The number of carbonyl (C=O) groups is 2. The highest BCUT2D eigenvalue weighted by Crippen LogP contribution is 2.21. The fourth-order valence-corrected chi connectivity index (χ4v) is 2.42. The summed E-state index contributed by atoms with van der Waals surface area (Å²) < 4.78 is 0. The molecule has 1 aromatic carbocycles. The molecule has 1 fully saturated rings. The summed E-state index contributed by atoms with van der Waals surface area (Å²) in [6.45, 7) is 1.14. The lowest BCUT2D eigenvalue weighted by molar-refractivity contribution is -0.138. The molecule has 6 heteroatoms. The molecule has 0 aromatic heterocycles. The highest BCUT2D eigenvalue weighted by atomic mass is 16.4. The molecule has 2 rings (SSSR count). The van der Waals surface area contributed by atoms with Crippen LogP contribution in [0.3, 0.4) is 0 Å². The molecule has 21 heavy (non-hydrogen) atoms. The largest absolute Gasteiger partial charge is 0.481 e. The molecular weight excluding hydrogens is 270 g/mol. The van der Waals surface area contributed by atoms with Gasteiger partial charge in [-0.3, -0.25) is 4.79 Å². The van der Waals surface area contributed by atoms with E-state index >= 15 is 0 Å². The molecule has 0 unspecified atom stereocenters. The number of amides is 2. The van der Waals surface area contributed by atoms with Crippen molar-refractivity contribution in [1.82, 2.24) is 4.90 Å². The Kier molecular flexibility index (Phi) is 4.77. The van der Waals surface area contributed by atoms with Crippen molar-refractivity contribution < 1.29 is 14.7 Å². The summed E-state index contributed by atoms with van der Waals surface area (Å²) in [5.74, 6) is -0.628. The SMILES string of the molecule is N#Cc1ccc(NC(=O)N2CCC(CC(=O)O)CC2)cc1. The summed E-state index contributed by atoms with van der Waals surface area (Å²) in [5.41, 5.74) is 1.19. The number of carboxylic acids is 1. The Labute approximate surface area is 123 Å². The molecular formula is C15H17N3O3. The first-order chi connectivity index (χ1) is 10.1. The van der Waals surface area contributed by atoms with Gasteiger partial charge in [0.2, 0.25) is 0 Å². The van der Waals surface area contributed by atoms with E-state index in [0.717, 1.165) is 0 Å². The summed E-state index contributed by atoms with van der Waals surface area (Å²) in [4.78, 5) is 24.4. The standard InChI is InChI=1S/C15H17N3O3/c16-10-12-1-3-13(4-2-12)17-15(21)18-7-5-11(6-8-18)9-14(19)20/h1-4,11H,5-9H2,(H,17,21)(H,19,20). The molecule has 6 nitrogen and oxygen atoms in total. The molecule has 1 aliphatic rings. The average molecular weight is 287 g/mol. The van der Waals surface area contributed by atoms with Crippen LogP contribution in [0.15, 0.2) is 24.3 Å². The molecule has 0 radical (unpaired) electrons. The number of nitrogens with zero attached hydrogens (tertiary/aromatic N) is 2. The van der Waals surface area contributed by atoms with Crippen LogP contribution in [0.5, 0.6) is 0 Å². The number of piperidine rings is 1. The Balaban J connectivity index is 1.84. The summed E-state index contributed by atoms with van der Waals surface area (Å²) in [7, 11) is 0. The van der Waals surface area contributed by atoms with Crippen LogP contribution in [0.25, 0.3) is 0 Å². The van der Waals surface area contributed by atoms with Crippen molar-refractivity contribution in [3.63, 3.8) is 0 Å². The molecule has 0 aliphatic carbocycles. The van der Waals surface area contributed by atoms with Gasteiger partial charge < -0.3 is 15.3 Å². The lowest BCUT2D eigenvalue weighted by Gasteiger charge is -2.31. The van der Waals surface area contributed by atoms with Crippen LogP contribution >= 0.6 is 0 Å². The van der Waals surface area contributed by atoms with E-state index in [0.29, 0.717) is 37.2 Å². The Morgan fingerprint density at radius 2 is 1.90 bits per heavy atom. The van der Waals surface area contributed by atoms with Crippen LogP contribution in [0.4, 0.5) is 10.5 Å². The van der Waals surface area contributed by atoms with Gasteiger partial charge in [0, 0.05) is 25.2 Å². The lowest BCUT2D eigenvalue weighted by atomic mass is 9.94. The average Bonchev–Trinajstić information content (AvgIpc) is 2.48. The molecule has 1 aliphatic heterocycles. The Morgan fingerprint density at radius 1 is 1.29 bits per heavy atom. The van der Waals surface area contributed by atoms with Gasteiger partial charge in [0.25, 0.3) is 0 Å². The minimum absolute atomic E-state index is 0.154. The third-order valence-electron chi connectivity index (χ3n) is 3.63.